The topological polar surface area (TPSA) is 75.2 Å². The second kappa shape index (κ2) is 6.67. The lowest BCUT2D eigenvalue weighted by molar-refractivity contribution is -0.132. The Hall–Kier alpha value is -3.35. The number of rotatable bonds is 4. The molecule has 1 N–H and O–H groups in total. The quantitative estimate of drug-likeness (QED) is 0.706. The zero-order chi connectivity index (χ0) is 19.9. The number of benzene rings is 2. The number of halogens is 1. The summed E-state index contributed by atoms with van der Waals surface area (Å²) < 4.78 is 13.3. The van der Waals surface area contributed by atoms with Crippen LogP contribution in [-0.2, 0) is 16.9 Å². The van der Waals surface area contributed by atoms with Crippen molar-refractivity contribution in [3.05, 3.63) is 71.3 Å². The molecule has 0 bridgehead atoms. The fourth-order valence-corrected chi connectivity index (χ4v) is 3.57. The van der Waals surface area contributed by atoms with Crippen LogP contribution in [0.1, 0.15) is 30.3 Å². The van der Waals surface area contributed by atoms with Crippen LogP contribution in [0, 0.1) is 12.7 Å². The number of amides is 3. The largest absolute Gasteiger partial charge is 0.325 e. The van der Waals surface area contributed by atoms with Gasteiger partial charge in [-0.1, -0.05) is 31.2 Å². The molecule has 2 aromatic carbocycles. The van der Waals surface area contributed by atoms with E-state index in [1.807, 2.05) is 31.2 Å². The monoisotopic (exact) mass is 378 g/mol. The highest BCUT2D eigenvalue weighted by Crippen LogP contribution is 2.33. The molecule has 1 aliphatic rings. The molecule has 0 radical (unpaired) electrons. The van der Waals surface area contributed by atoms with Gasteiger partial charge in [0.25, 0.3) is 5.91 Å². The number of nitrogens with one attached hydrogen (secondary N) is 1. The van der Waals surface area contributed by atoms with E-state index in [1.165, 1.54) is 24.3 Å². The first-order valence-electron chi connectivity index (χ1n) is 9.07. The van der Waals surface area contributed by atoms with Crippen LogP contribution in [0.15, 0.2) is 48.5 Å². The number of carbonyl (C=O) groups excluding carboxylic acids is 2. The van der Waals surface area contributed by atoms with Gasteiger partial charge in [-0.05, 0) is 43.2 Å². The Labute approximate surface area is 161 Å². The van der Waals surface area contributed by atoms with E-state index in [-0.39, 0.29) is 12.5 Å². The third-order valence-electron chi connectivity index (χ3n) is 5.19. The number of hydrogen-bond donors (Lipinski definition) is 1. The molecule has 0 spiro atoms. The van der Waals surface area contributed by atoms with Crippen molar-refractivity contribution < 1.29 is 14.0 Å². The zero-order valence-electron chi connectivity index (χ0n) is 15.6. The van der Waals surface area contributed by atoms with E-state index in [0.717, 1.165) is 10.4 Å². The highest BCUT2D eigenvalue weighted by atomic mass is 19.1. The van der Waals surface area contributed by atoms with Crippen molar-refractivity contribution in [3.8, 4) is 0 Å². The molecule has 3 aromatic rings. The summed E-state index contributed by atoms with van der Waals surface area (Å²) in [7, 11) is 0. The van der Waals surface area contributed by atoms with Crippen molar-refractivity contribution in [2.45, 2.75) is 32.4 Å². The van der Waals surface area contributed by atoms with Gasteiger partial charge in [0.05, 0.1) is 29.0 Å². The van der Waals surface area contributed by atoms with E-state index in [0.29, 0.717) is 28.9 Å². The van der Waals surface area contributed by atoms with Crippen molar-refractivity contribution in [1.29, 1.82) is 0 Å². The minimum Gasteiger partial charge on any atom is -0.319 e. The Kier molecular flexibility index (Phi) is 4.30. The van der Waals surface area contributed by atoms with E-state index >= 15 is 0 Å². The molecule has 1 atom stereocenters. The second-order valence-electron chi connectivity index (χ2n) is 6.83. The highest BCUT2D eigenvalue weighted by Gasteiger charge is 2.51. The van der Waals surface area contributed by atoms with Crippen LogP contribution in [-0.4, -0.2) is 26.8 Å². The molecule has 1 fully saturated rings. The Morgan fingerprint density at radius 3 is 2.32 bits per heavy atom. The molecule has 3 amide bonds. The molecule has 2 heterocycles. The maximum Gasteiger partial charge on any atom is 0.325 e. The smallest absolute Gasteiger partial charge is 0.319 e. The number of aryl methyl sites for hydroxylation is 1. The summed E-state index contributed by atoms with van der Waals surface area (Å²) in [5.41, 5.74) is 2.04. The van der Waals surface area contributed by atoms with Gasteiger partial charge in [0, 0.05) is 0 Å². The predicted molar refractivity (Wildman–Crippen MR) is 102 cm³/mol. The lowest BCUT2D eigenvalue weighted by Crippen LogP contribution is -2.43. The first-order chi connectivity index (χ1) is 13.4. The van der Waals surface area contributed by atoms with E-state index in [4.69, 9.17) is 0 Å². The van der Waals surface area contributed by atoms with E-state index in [1.54, 1.807) is 6.92 Å². The van der Waals surface area contributed by atoms with E-state index in [2.05, 4.69) is 15.3 Å². The molecule has 28 heavy (non-hydrogen) atoms. The Bertz CT molecular complexity index is 1080. The maximum atomic E-state index is 13.3. The highest BCUT2D eigenvalue weighted by molar-refractivity contribution is 6.07. The molecular weight excluding hydrogens is 359 g/mol. The van der Waals surface area contributed by atoms with Crippen LogP contribution < -0.4 is 5.32 Å². The molecule has 0 aliphatic carbocycles. The van der Waals surface area contributed by atoms with Gasteiger partial charge >= 0.3 is 6.03 Å². The van der Waals surface area contributed by atoms with Crippen LogP contribution >= 0.6 is 0 Å². The fourth-order valence-electron chi connectivity index (χ4n) is 3.57. The van der Waals surface area contributed by atoms with Crippen molar-refractivity contribution in [3.63, 3.8) is 0 Å². The molecule has 6 nitrogen and oxygen atoms in total. The summed E-state index contributed by atoms with van der Waals surface area (Å²) in [6.45, 7) is 3.64. The van der Waals surface area contributed by atoms with E-state index in [9.17, 15) is 14.0 Å². The molecule has 1 unspecified atom stereocenters. The predicted octanol–water partition coefficient (Wildman–Crippen LogP) is 3.43. The molecule has 0 saturated carbocycles. The summed E-state index contributed by atoms with van der Waals surface area (Å²) >= 11 is 0. The van der Waals surface area contributed by atoms with Gasteiger partial charge in [0.15, 0.2) is 0 Å². The van der Waals surface area contributed by atoms with Gasteiger partial charge in [-0.15, -0.1) is 0 Å². The van der Waals surface area contributed by atoms with Crippen molar-refractivity contribution >= 4 is 23.0 Å². The summed E-state index contributed by atoms with van der Waals surface area (Å²) in [4.78, 5) is 36.1. The van der Waals surface area contributed by atoms with Gasteiger partial charge in [-0.25, -0.2) is 19.2 Å². The summed E-state index contributed by atoms with van der Waals surface area (Å²) in [6.07, 6.45) is 0.349. The zero-order valence-corrected chi connectivity index (χ0v) is 15.6. The number of aromatic nitrogens is 2. The van der Waals surface area contributed by atoms with Gasteiger partial charge < -0.3 is 5.32 Å². The van der Waals surface area contributed by atoms with Crippen LogP contribution in [0.5, 0.6) is 0 Å². The van der Waals surface area contributed by atoms with E-state index < -0.39 is 17.4 Å². The Morgan fingerprint density at radius 1 is 1.04 bits per heavy atom. The first kappa shape index (κ1) is 18.0. The first-order valence-corrected chi connectivity index (χ1v) is 9.07. The van der Waals surface area contributed by atoms with Crippen molar-refractivity contribution in [2.24, 2.45) is 0 Å². The number of imide groups is 1. The molecule has 1 aromatic heterocycles. The number of hydrogen-bond acceptors (Lipinski definition) is 4. The average molecular weight is 378 g/mol. The van der Waals surface area contributed by atoms with Gasteiger partial charge in [-0.3, -0.25) is 9.69 Å². The number of para-hydroxylation sites is 2. The second-order valence-corrected chi connectivity index (χ2v) is 6.83. The number of nitrogens with zero attached hydrogens (tertiary/aromatic N) is 3. The Morgan fingerprint density at radius 2 is 1.68 bits per heavy atom. The van der Waals surface area contributed by atoms with Crippen LogP contribution in [0.3, 0.4) is 0 Å². The SMILES string of the molecule is CCC1(c2ccc(F)cc2)NC(=O)N(Cc2nc3ccccc3nc2C)C1=O. The third kappa shape index (κ3) is 2.79. The lowest BCUT2D eigenvalue weighted by Gasteiger charge is -2.25. The average Bonchev–Trinajstić information content (AvgIpc) is 2.94. The van der Waals surface area contributed by atoms with Gasteiger partial charge in [0.2, 0.25) is 0 Å². The summed E-state index contributed by atoms with van der Waals surface area (Å²) in [6, 6.07) is 12.6. The van der Waals surface area contributed by atoms with Gasteiger partial charge in [-0.2, -0.15) is 0 Å². The Balaban J connectivity index is 1.69. The normalized spacial score (nSPS) is 19.3. The molecule has 7 heteroatoms. The minimum absolute atomic E-state index is 0.0251. The summed E-state index contributed by atoms with van der Waals surface area (Å²) in [5, 5.41) is 2.80. The standard InChI is InChI=1S/C21H19FN4O2/c1-3-21(14-8-10-15(22)11-9-14)19(27)26(20(28)25-21)12-18-13(2)23-16-6-4-5-7-17(16)24-18/h4-11H,3,12H2,1-2H3,(H,25,28). The maximum absolute atomic E-state index is 13.3. The molecule has 1 aliphatic heterocycles. The van der Waals surface area contributed by atoms with Crippen LogP contribution in [0.25, 0.3) is 11.0 Å². The molecular formula is C21H19FN4O2. The molecule has 142 valence electrons. The van der Waals surface area contributed by atoms with Crippen LogP contribution in [0.2, 0.25) is 0 Å². The van der Waals surface area contributed by atoms with Crippen molar-refractivity contribution in [2.75, 3.05) is 0 Å². The van der Waals surface area contributed by atoms with Gasteiger partial charge in [0.1, 0.15) is 11.4 Å². The molecule has 1 saturated heterocycles. The number of carbonyl (C=O) groups is 2. The summed E-state index contributed by atoms with van der Waals surface area (Å²) in [5.74, 6) is -0.772. The number of fused-ring (bicyclic) bond motifs is 1. The lowest BCUT2D eigenvalue weighted by atomic mass is 9.87. The van der Waals surface area contributed by atoms with Crippen molar-refractivity contribution in [1.82, 2.24) is 20.2 Å². The molecule has 4 rings (SSSR count). The van der Waals surface area contributed by atoms with Crippen LogP contribution in [0.4, 0.5) is 9.18 Å². The minimum atomic E-state index is -1.21. The third-order valence-corrected chi connectivity index (χ3v) is 5.19. The fraction of sp³-hybridized carbons (Fsp3) is 0.238. The number of urea groups is 1.